The zero-order valence-electron chi connectivity index (χ0n) is 7.31. The average Bonchev–Trinajstić information content (AvgIpc) is 2.07. The molecule has 0 bridgehead atoms. The lowest BCUT2D eigenvalue weighted by Gasteiger charge is -2.06. The number of aromatic nitrogens is 1. The molecule has 1 heterocycles. The fourth-order valence-electron chi connectivity index (χ4n) is 1.11. The first-order chi connectivity index (χ1) is 6.45. The number of pyridine rings is 1. The number of carboxylic acid groups (broad SMARTS) is 2. The van der Waals surface area contributed by atoms with Crippen molar-refractivity contribution >= 4 is 17.6 Å². The number of nitrogens with two attached hydrogens (primary N) is 1. The van der Waals surface area contributed by atoms with Gasteiger partial charge in [-0.3, -0.25) is 4.98 Å². The number of aromatic carboxylic acids is 2. The Hall–Kier alpha value is -2.11. The Balaban J connectivity index is 3.58. The van der Waals surface area contributed by atoms with Gasteiger partial charge in [-0.15, -0.1) is 0 Å². The number of hydrogen-bond acceptors (Lipinski definition) is 4. The summed E-state index contributed by atoms with van der Waals surface area (Å²) in [5.41, 5.74) is 4.52. The summed E-state index contributed by atoms with van der Waals surface area (Å²) < 4.78 is 0. The third-order valence-corrected chi connectivity index (χ3v) is 1.73. The molecule has 4 N–H and O–H groups in total. The summed E-state index contributed by atoms with van der Waals surface area (Å²) in [7, 11) is 0. The summed E-state index contributed by atoms with van der Waals surface area (Å²) in [6.45, 7) is 1.41. The quantitative estimate of drug-likeness (QED) is 0.629. The van der Waals surface area contributed by atoms with Crippen LogP contribution in [-0.2, 0) is 0 Å². The van der Waals surface area contributed by atoms with E-state index in [0.29, 0.717) is 0 Å². The minimum absolute atomic E-state index is 0.129. The molecule has 0 fully saturated rings. The van der Waals surface area contributed by atoms with E-state index in [4.69, 9.17) is 15.9 Å². The normalized spacial score (nSPS) is 9.79. The van der Waals surface area contributed by atoms with Gasteiger partial charge in [-0.2, -0.15) is 0 Å². The highest BCUT2D eigenvalue weighted by atomic mass is 16.4. The van der Waals surface area contributed by atoms with E-state index >= 15 is 0 Å². The van der Waals surface area contributed by atoms with E-state index in [1.807, 2.05) is 0 Å². The summed E-state index contributed by atoms with van der Waals surface area (Å²) in [6.07, 6.45) is 1.13. The van der Waals surface area contributed by atoms with Crippen molar-refractivity contribution in [3.8, 4) is 0 Å². The Kier molecular flexibility index (Phi) is 2.37. The van der Waals surface area contributed by atoms with Crippen LogP contribution < -0.4 is 5.73 Å². The van der Waals surface area contributed by atoms with Crippen molar-refractivity contribution in [3.05, 3.63) is 23.0 Å². The van der Waals surface area contributed by atoms with Gasteiger partial charge in [0.2, 0.25) is 0 Å². The first-order valence-corrected chi connectivity index (χ1v) is 3.66. The smallest absolute Gasteiger partial charge is 0.338 e. The molecule has 0 saturated carbocycles. The van der Waals surface area contributed by atoms with Crippen molar-refractivity contribution in [2.45, 2.75) is 6.92 Å². The van der Waals surface area contributed by atoms with Crippen molar-refractivity contribution in [3.63, 3.8) is 0 Å². The molecule has 74 valence electrons. The lowest BCUT2D eigenvalue weighted by molar-refractivity contribution is 0.0651. The van der Waals surface area contributed by atoms with Gasteiger partial charge in [-0.1, -0.05) is 0 Å². The van der Waals surface area contributed by atoms with Crippen molar-refractivity contribution < 1.29 is 19.8 Å². The minimum atomic E-state index is -1.37. The maximum Gasteiger partial charge on any atom is 0.338 e. The lowest BCUT2D eigenvalue weighted by Crippen LogP contribution is -2.14. The van der Waals surface area contributed by atoms with Crippen LogP contribution in [0, 0.1) is 6.92 Å². The molecule has 0 unspecified atom stereocenters. The van der Waals surface area contributed by atoms with E-state index in [9.17, 15) is 9.59 Å². The maximum atomic E-state index is 10.7. The molecule has 6 heteroatoms. The van der Waals surface area contributed by atoms with Gasteiger partial charge >= 0.3 is 11.9 Å². The Morgan fingerprint density at radius 2 is 1.79 bits per heavy atom. The number of rotatable bonds is 2. The van der Waals surface area contributed by atoms with Crippen LogP contribution in [0.3, 0.4) is 0 Å². The molecule has 1 rings (SSSR count). The summed E-state index contributed by atoms with van der Waals surface area (Å²) in [4.78, 5) is 25.1. The second kappa shape index (κ2) is 3.33. The molecular weight excluding hydrogens is 188 g/mol. The van der Waals surface area contributed by atoms with Gasteiger partial charge in [0.05, 0.1) is 23.1 Å². The Bertz CT molecular complexity index is 375. The van der Waals surface area contributed by atoms with Crippen LogP contribution in [0.25, 0.3) is 0 Å². The van der Waals surface area contributed by atoms with Gasteiger partial charge in [0, 0.05) is 0 Å². The molecule has 14 heavy (non-hydrogen) atoms. The van der Waals surface area contributed by atoms with Crippen LogP contribution in [-0.4, -0.2) is 27.1 Å². The molecule has 0 aliphatic heterocycles. The summed E-state index contributed by atoms with van der Waals surface area (Å²) in [5, 5.41) is 17.5. The van der Waals surface area contributed by atoms with E-state index in [2.05, 4.69) is 4.98 Å². The van der Waals surface area contributed by atoms with E-state index in [-0.39, 0.29) is 16.9 Å². The second-order valence-electron chi connectivity index (χ2n) is 2.66. The van der Waals surface area contributed by atoms with Crippen LogP contribution in [0.4, 0.5) is 5.69 Å². The van der Waals surface area contributed by atoms with Crippen molar-refractivity contribution in [1.29, 1.82) is 0 Å². The minimum Gasteiger partial charge on any atom is -0.478 e. The zero-order valence-corrected chi connectivity index (χ0v) is 7.31. The number of aryl methyl sites for hydroxylation is 1. The van der Waals surface area contributed by atoms with Gasteiger partial charge in [-0.05, 0) is 6.92 Å². The molecule has 1 aromatic heterocycles. The molecule has 6 nitrogen and oxygen atoms in total. The molecule has 0 saturated heterocycles. The van der Waals surface area contributed by atoms with Gasteiger partial charge < -0.3 is 15.9 Å². The third-order valence-electron chi connectivity index (χ3n) is 1.73. The van der Waals surface area contributed by atoms with Crippen LogP contribution in [0.1, 0.15) is 26.4 Å². The first kappa shape index (κ1) is 9.97. The molecule has 0 aromatic carbocycles. The van der Waals surface area contributed by atoms with Crippen LogP contribution in [0.15, 0.2) is 6.20 Å². The lowest BCUT2D eigenvalue weighted by atomic mass is 10.1. The Morgan fingerprint density at radius 1 is 1.29 bits per heavy atom. The Labute approximate surface area is 79.0 Å². The van der Waals surface area contributed by atoms with E-state index in [1.165, 1.54) is 6.92 Å². The highest BCUT2D eigenvalue weighted by Crippen LogP contribution is 2.18. The first-order valence-electron chi connectivity index (χ1n) is 3.66. The number of nitrogen functional groups attached to an aromatic ring is 1. The molecule has 0 aliphatic rings. The van der Waals surface area contributed by atoms with Gasteiger partial charge in [0.15, 0.2) is 0 Å². The van der Waals surface area contributed by atoms with Gasteiger partial charge in [0.25, 0.3) is 0 Å². The van der Waals surface area contributed by atoms with E-state index < -0.39 is 17.5 Å². The summed E-state index contributed by atoms with van der Waals surface area (Å²) >= 11 is 0. The highest BCUT2D eigenvalue weighted by Gasteiger charge is 2.22. The standard InChI is InChI=1S/C8H8N2O4/c1-3-5(7(11)12)6(8(13)14)4(9)2-10-3/h2H,9H2,1H3,(H,11,12)(H,13,14). The predicted molar refractivity (Wildman–Crippen MR) is 47.3 cm³/mol. The highest BCUT2D eigenvalue weighted by molar-refractivity contribution is 6.05. The Morgan fingerprint density at radius 3 is 2.14 bits per heavy atom. The number of hydrogen-bond donors (Lipinski definition) is 3. The molecule has 0 spiro atoms. The zero-order chi connectivity index (χ0) is 10.9. The SMILES string of the molecule is Cc1ncc(N)c(C(=O)O)c1C(=O)O. The molecule has 1 aromatic rings. The van der Waals surface area contributed by atoms with Crippen LogP contribution in [0.5, 0.6) is 0 Å². The largest absolute Gasteiger partial charge is 0.478 e. The number of nitrogens with zero attached hydrogens (tertiary/aromatic N) is 1. The number of carbonyl (C=O) groups is 2. The summed E-state index contributed by atoms with van der Waals surface area (Å²) in [5.74, 6) is -2.72. The third kappa shape index (κ3) is 1.49. The molecule has 0 amide bonds. The van der Waals surface area contributed by atoms with Gasteiger partial charge in [0.1, 0.15) is 5.56 Å². The predicted octanol–water partition coefficient (Wildman–Crippen LogP) is 0.369. The summed E-state index contributed by atoms with van der Waals surface area (Å²) in [6, 6.07) is 0. The fourth-order valence-corrected chi connectivity index (χ4v) is 1.11. The average molecular weight is 196 g/mol. The van der Waals surface area contributed by atoms with E-state index in [1.54, 1.807) is 0 Å². The number of anilines is 1. The fraction of sp³-hybridized carbons (Fsp3) is 0.125. The molecule has 0 radical (unpaired) electrons. The van der Waals surface area contributed by atoms with Crippen molar-refractivity contribution in [1.82, 2.24) is 4.98 Å². The van der Waals surface area contributed by atoms with Crippen LogP contribution in [0.2, 0.25) is 0 Å². The molecule has 0 aliphatic carbocycles. The van der Waals surface area contributed by atoms with Crippen LogP contribution >= 0.6 is 0 Å². The van der Waals surface area contributed by atoms with Crippen molar-refractivity contribution in [2.75, 3.05) is 5.73 Å². The topological polar surface area (TPSA) is 114 Å². The van der Waals surface area contributed by atoms with Crippen molar-refractivity contribution in [2.24, 2.45) is 0 Å². The number of carboxylic acids is 2. The maximum absolute atomic E-state index is 10.7. The molecule has 0 atom stereocenters. The molecular formula is C8H8N2O4. The van der Waals surface area contributed by atoms with Gasteiger partial charge in [-0.25, -0.2) is 9.59 Å². The second-order valence-corrected chi connectivity index (χ2v) is 2.66. The van der Waals surface area contributed by atoms with E-state index in [0.717, 1.165) is 6.20 Å². The monoisotopic (exact) mass is 196 g/mol.